The van der Waals surface area contributed by atoms with Gasteiger partial charge in [-0.05, 0) is 99.7 Å². The van der Waals surface area contributed by atoms with Gasteiger partial charge in [0.1, 0.15) is 0 Å². The van der Waals surface area contributed by atoms with Crippen molar-refractivity contribution < 1.29 is 0 Å². The quantitative estimate of drug-likeness (QED) is 0.511. The van der Waals surface area contributed by atoms with E-state index in [4.69, 9.17) is 18.0 Å². The largest absolute Gasteiger partial charge is 0.324 e. The molecule has 0 saturated heterocycles. The van der Waals surface area contributed by atoms with Gasteiger partial charge in [-0.3, -0.25) is 0 Å². The predicted octanol–water partition coefficient (Wildman–Crippen LogP) is 6.60. The van der Waals surface area contributed by atoms with Crippen molar-refractivity contribution in [3.05, 3.63) is 24.3 Å². The van der Waals surface area contributed by atoms with E-state index >= 15 is 0 Å². The smallest absolute Gasteiger partial charge is 0.0298 e. The lowest BCUT2D eigenvalue weighted by Gasteiger charge is -2.71. The van der Waals surface area contributed by atoms with Gasteiger partial charge in [0, 0.05) is 16.5 Å². The van der Waals surface area contributed by atoms with Gasteiger partial charge in [0.05, 0.1) is 0 Å². The number of rotatable bonds is 4. The average Bonchev–Trinajstić information content (AvgIpc) is 2.90. The summed E-state index contributed by atoms with van der Waals surface area (Å²) in [7, 11) is 0. The van der Waals surface area contributed by atoms with E-state index in [1.54, 1.807) is 0 Å². The topological polar surface area (TPSA) is 52.0 Å². The number of hydrogen-bond acceptors (Lipinski definition) is 2. The highest BCUT2D eigenvalue weighted by molar-refractivity contribution is 5.37. The van der Waals surface area contributed by atoms with Crippen molar-refractivity contribution in [3.8, 4) is 0 Å². The molecule has 0 heterocycles. The van der Waals surface area contributed by atoms with Crippen LogP contribution >= 0.6 is 0 Å². The molecule has 0 spiro atoms. The molecule has 9 atom stereocenters. The minimum atomic E-state index is -0.207. The zero-order chi connectivity index (χ0) is 22.1. The summed E-state index contributed by atoms with van der Waals surface area (Å²) >= 11 is 0. The van der Waals surface area contributed by atoms with Gasteiger partial charge in [-0.2, -0.15) is 0 Å². The van der Waals surface area contributed by atoms with Crippen LogP contribution in [0, 0.1) is 40.4 Å². The van der Waals surface area contributed by atoms with Crippen LogP contribution in [0.4, 0.5) is 0 Å². The fourth-order valence-electron chi connectivity index (χ4n) is 9.37. The molecule has 170 valence electrons. The van der Waals surface area contributed by atoms with Gasteiger partial charge in [0.25, 0.3) is 0 Å². The van der Waals surface area contributed by atoms with Crippen molar-refractivity contribution in [2.24, 2.45) is 51.9 Å². The van der Waals surface area contributed by atoms with Crippen LogP contribution in [0.1, 0.15) is 98.8 Å². The lowest BCUT2D eigenvalue weighted by atomic mass is 9.36. The van der Waals surface area contributed by atoms with Crippen molar-refractivity contribution in [1.82, 2.24) is 0 Å². The van der Waals surface area contributed by atoms with Crippen LogP contribution in [-0.4, -0.2) is 11.1 Å². The average molecular weight is 413 g/mol. The highest BCUT2D eigenvalue weighted by Crippen LogP contribution is 2.71. The number of allylic oxidation sites excluding steroid dienone is 1. The minimum absolute atomic E-state index is 0.0228. The molecule has 4 rings (SSSR count). The molecule has 4 aliphatic carbocycles. The maximum absolute atomic E-state index is 7.61. The third kappa shape index (κ3) is 2.81. The van der Waals surface area contributed by atoms with Crippen LogP contribution in [0.3, 0.4) is 0 Å². The Labute approximate surface area is 186 Å². The first kappa shape index (κ1) is 22.6. The van der Waals surface area contributed by atoms with Crippen LogP contribution in [-0.2, 0) is 0 Å². The van der Waals surface area contributed by atoms with E-state index in [-0.39, 0.29) is 21.9 Å². The maximum Gasteiger partial charge on any atom is 0.0298 e. The Balaban J connectivity index is 1.71. The van der Waals surface area contributed by atoms with Gasteiger partial charge in [0.15, 0.2) is 0 Å². The molecule has 0 radical (unpaired) electrons. The predicted molar refractivity (Wildman–Crippen MR) is 129 cm³/mol. The third-order valence-electron chi connectivity index (χ3n) is 11.2. The molecule has 0 aromatic rings. The molecule has 4 saturated carbocycles. The number of fused-ring (bicyclic) bond motifs is 5. The summed E-state index contributed by atoms with van der Waals surface area (Å²) in [6.45, 7) is 20.9. The summed E-state index contributed by atoms with van der Waals surface area (Å²) in [5.74, 6) is 3.23. The van der Waals surface area contributed by atoms with E-state index in [0.29, 0.717) is 17.8 Å². The van der Waals surface area contributed by atoms with E-state index < -0.39 is 0 Å². The summed E-state index contributed by atoms with van der Waals surface area (Å²) in [5, 5.41) is 0. The molecule has 0 aliphatic heterocycles. The first-order valence-corrected chi connectivity index (χ1v) is 12.8. The van der Waals surface area contributed by atoms with Crippen molar-refractivity contribution in [2.45, 2.75) is 110 Å². The summed E-state index contributed by atoms with van der Waals surface area (Å²) < 4.78 is 0. The summed E-state index contributed by atoms with van der Waals surface area (Å²) in [6, 6.07) is 0. The fraction of sp³-hybridized carbons (Fsp3) is 0.857. The van der Waals surface area contributed by atoms with Crippen LogP contribution < -0.4 is 11.5 Å². The van der Waals surface area contributed by atoms with Crippen LogP contribution in [0.15, 0.2) is 24.3 Å². The highest BCUT2D eigenvalue weighted by atomic mass is 15.0. The number of nitrogens with two attached hydrogens (primary N) is 2. The van der Waals surface area contributed by atoms with Gasteiger partial charge >= 0.3 is 0 Å². The molecule has 0 amide bonds. The molecule has 2 nitrogen and oxygen atoms in total. The first-order valence-electron chi connectivity index (χ1n) is 12.8. The molecular weight excluding hydrogens is 364 g/mol. The fourth-order valence-corrected chi connectivity index (χ4v) is 9.37. The highest BCUT2D eigenvalue weighted by Gasteiger charge is 2.72. The lowest BCUT2D eigenvalue weighted by Crippen LogP contribution is -2.79. The number of hydrogen-bond donors (Lipinski definition) is 2. The Morgan fingerprint density at radius 1 is 1.07 bits per heavy atom. The molecule has 4 fully saturated rings. The van der Waals surface area contributed by atoms with E-state index in [1.165, 1.54) is 56.1 Å². The van der Waals surface area contributed by atoms with Crippen molar-refractivity contribution in [2.75, 3.05) is 0 Å². The van der Waals surface area contributed by atoms with E-state index in [2.05, 4.69) is 41.2 Å². The summed E-state index contributed by atoms with van der Waals surface area (Å²) in [6.07, 6.45) is 12.2. The van der Waals surface area contributed by atoms with Gasteiger partial charge in [-0.15, -0.1) is 6.58 Å². The molecular formula is C28H48N2. The van der Waals surface area contributed by atoms with E-state index in [0.717, 1.165) is 31.1 Å². The Morgan fingerprint density at radius 3 is 2.43 bits per heavy atom. The SMILES string of the molecule is C=C(C)CCC[C@H]1CC[C@@]2(N)[C@@H]3[C@@H](C)C[C@@H]4C[C@H](C)CC[C@]4(C)[C@@]3(N)CC(=C)[C@]12C. The molecule has 30 heavy (non-hydrogen) atoms. The lowest BCUT2D eigenvalue weighted by molar-refractivity contribution is -0.147. The van der Waals surface area contributed by atoms with Crippen molar-refractivity contribution in [3.63, 3.8) is 0 Å². The molecule has 0 aromatic heterocycles. The van der Waals surface area contributed by atoms with Gasteiger partial charge in [-0.25, -0.2) is 0 Å². The molecule has 4 N–H and O–H groups in total. The van der Waals surface area contributed by atoms with Crippen molar-refractivity contribution >= 4 is 0 Å². The van der Waals surface area contributed by atoms with E-state index in [9.17, 15) is 0 Å². The molecule has 0 unspecified atom stereocenters. The Bertz CT molecular complexity index is 726. The Hall–Kier alpha value is -0.600. The van der Waals surface area contributed by atoms with E-state index in [1.807, 2.05) is 0 Å². The second-order valence-electron chi connectivity index (χ2n) is 12.8. The molecule has 4 aliphatic rings. The first-order chi connectivity index (χ1) is 13.9. The zero-order valence-electron chi connectivity index (χ0n) is 20.5. The van der Waals surface area contributed by atoms with Crippen molar-refractivity contribution in [1.29, 1.82) is 0 Å². The van der Waals surface area contributed by atoms with Gasteiger partial charge in [-0.1, -0.05) is 51.8 Å². The standard InChI is InChI=1S/C28H48N2/c1-18(2)9-8-10-22-12-14-27(29)24-20(4)16-23-15-19(3)11-13-25(23,6)28(24,30)17-21(5)26(22,27)7/h19-20,22-24H,1,5,8-17,29-30H2,2-4,6-7H3/t19-,20+,22+,23+,24+,25+,26-,27-,28-/m1/s1. The zero-order valence-corrected chi connectivity index (χ0v) is 20.5. The third-order valence-corrected chi connectivity index (χ3v) is 11.2. The second-order valence-corrected chi connectivity index (χ2v) is 12.8. The second kappa shape index (κ2) is 7.20. The summed E-state index contributed by atoms with van der Waals surface area (Å²) in [5.41, 5.74) is 17.7. The molecule has 2 heteroatoms. The van der Waals surface area contributed by atoms with Crippen LogP contribution in [0.25, 0.3) is 0 Å². The summed E-state index contributed by atoms with van der Waals surface area (Å²) in [4.78, 5) is 0. The Kier molecular flexibility index (Phi) is 5.42. The monoisotopic (exact) mass is 412 g/mol. The van der Waals surface area contributed by atoms with Gasteiger partial charge < -0.3 is 11.5 Å². The van der Waals surface area contributed by atoms with Gasteiger partial charge in [0.2, 0.25) is 0 Å². The Morgan fingerprint density at radius 2 is 1.77 bits per heavy atom. The van der Waals surface area contributed by atoms with Crippen LogP contribution in [0.5, 0.6) is 0 Å². The molecule has 0 aromatic carbocycles. The molecule has 0 bridgehead atoms. The normalized spacial score (nSPS) is 53.0. The minimum Gasteiger partial charge on any atom is -0.324 e. The maximum atomic E-state index is 7.61. The van der Waals surface area contributed by atoms with Crippen LogP contribution in [0.2, 0.25) is 0 Å².